The molecule has 0 amide bonds. The number of para-hydroxylation sites is 1. The SMILES string of the molecule is Oc1cccc2c1C(CNCCOc1ccccc1)CCO2. The molecule has 0 spiro atoms. The van der Waals surface area contributed by atoms with Crippen molar-refractivity contribution < 1.29 is 14.6 Å². The number of nitrogens with one attached hydrogen (secondary N) is 1. The van der Waals surface area contributed by atoms with Crippen molar-refractivity contribution >= 4 is 0 Å². The topological polar surface area (TPSA) is 50.7 Å². The van der Waals surface area contributed by atoms with E-state index in [0.717, 1.165) is 36.6 Å². The number of hydrogen-bond acceptors (Lipinski definition) is 4. The third-order valence-electron chi connectivity index (χ3n) is 3.86. The summed E-state index contributed by atoms with van der Waals surface area (Å²) in [5, 5.41) is 13.4. The second kappa shape index (κ2) is 7.18. The van der Waals surface area contributed by atoms with Crippen LogP contribution in [0.25, 0.3) is 0 Å². The molecule has 1 aliphatic heterocycles. The lowest BCUT2D eigenvalue weighted by Crippen LogP contribution is -2.29. The van der Waals surface area contributed by atoms with Crippen LogP contribution in [0.1, 0.15) is 17.9 Å². The Labute approximate surface area is 130 Å². The first-order valence-corrected chi connectivity index (χ1v) is 7.68. The van der Waals surface area contributed by atoms with Crippen molar-refractivity contribution in [1.29, 1.82) is 0 Å². The van der Waals surface area contributed by atoms with Gasteiger partial charge in [-0.25, -0.2) is 0 Å². The van der Waals surface area contributed by atoms with Gasteiger partial charge >= 0.3 is 0 Å². The minimum atomic E-state index is 0.279. The Bertz CT molecular complexity index is 601. The summed E-state index contributed by atoms with van der Waals surface area (Å²) in [6, 6.07) is 15.3. The molecule has 2 aromatic carbocycles. The molecule has 0 radical (unpaired) electrons. The third-order valence-corrected chi connectivity index (χ3v) is 3.86. The van der Waals surface area contributed by atoms with E-state index in [2.05, 4.69) is 5.32 Å². The van der Waals surface area contributed by atoms with Crippen molar-refractivity contribution in [2.75, 3.05) is 26.3 Å². The highest BCUT2D eigenvalue weighted by atomic mass is 16.5. The number of phenolic OH excluding ortho intramolecular Hbond substituents is 1. The van der Waals surface area contributed by atoms with Crippen molar-refractivity contribution in [3.8, 4) is 17.2 Å². The van der Waals surface area contributed by atoms with E-state index in [4.69, 9.17) is 9.47 Å². The van der Waals surface area contributed by atoms with Crippen molar-refractivity contribution in [1.82, 2.24) is 5.32 Å². The Morgan fingerprint density at radius 3 is 2.86 bits per heavy atom. The van der Waals surface area contributed by atoms with Gasteiger partial charge in [0, 0.05) is 24.6 Å². The average molecular weight is 299 g/mol. The zero-order valence-corrected chi connectivity index (χ0v) is 12.5. The van der Waals surface area contributed by atoms with Gasteiger partial charge in [0.05, 0.1) is 6.61 Å². The van der Waals surface area contributed by atoms with Crippen LogP contribution in [0.3, 0.4) is 0 Å². The average Bonchev–Trinajstić information content (AvgIpc) is 2.56. The van der Waals surface area contributed by atoms with Crippen LogP contribution in [0.2, 0.25) is 0 Å². The van der Waals surface area contributed by atoms with Crippen LogP contribution in [0, 0.1) is 0 Å². The van der Waals surface area contributed by atoms with Crippen LogP contribution >= 0.6 is 0 Å². The zero-order chi connectivity index (χ0) is 15.2. The second-order valence-corrected chi connectivity index (χ2v) is 5.39. The molecule has 4 heteroatoms. The maximum absolute atomic E-state index is 10.0. The lowest BCUT2D eigenvalue weighted by Gasteiger charge is -2.26. The lowest BCUT2D eigenvalue weighted by molar-refractivity contribution is 0.256. The summed E-state index contributed by atoms with van der Waals surface area (Å²) in [5.41, 5.74) is 0.922. The molecule has 2 aromatic rings. The Morgan fingerprint density at radius 1 is 1.14 bits per heavy atom. The number of benzene rings is 2. The van der Waals surface area contributed by atoms with Gasteiger partial charge in [-0.05, 0) is 30.7 Å². The molecule has 0 saturated heterocycles. The van der Waals surface area contributed by atoms with Gasteiger partial charge in [0.1, 0.15) is 23.9 Å². The summed E-state index contributed by atoms with van der Waals surface area (Å²) in [6.07, 6.45) is 0.914. The van der Waals surface area contributed by atoms with E-state index in [9.17, 15) is 5.11 Å². The third kappa shape index (κ3) is 3.52. The van der Waals surface area contributed by atoms with Gasteiger partial charge in [0.15, 0.2) is 0 Å². The molecule has 0 aromatic heterocycles. The molecular weight excluding hydrogens is 278 g/mol. The molecular formula is C18H21NO3. The predicted molar refractivity (Wildman–Crippen MR) is 85.8 cm³/mol. The Morgan fingerprint density at radius 2 is 2.00 bits per heavy atom. The molecule has 0 fully saturated rings. The van der Waals surface area contributed by atoms with Crippen molar-refractivity contribution in [3.63, 3.8) is 0 Å². The molecule has 0 saturated carbocycles. The predicted octanol–water partition coefficient (Wildman–Crippen LogP) is 2.93. The fourth-order valence-corrected chi connectivity index (χ4v) is 2.76. The lowest BCUT2D eigenvalue weighted by atomic mass is 9.92. The molecule has 1 unspecified atom stereocenters. The van der Waals surface area contributed by atoms with Gasteiger partial charge in [-0.1, -0.05) is 24.3 Å². The van der Waals surface area contributed by atoms with E-state index in [1.807, 2.05) is 42.5 Å². The minimum Gasteiger partial charge on any atom is -0.508 e. The molecule has 116 valence electrons. The van der Waals surface area contributed by atoms with Gasteiger partial charge in [-0.3, -0.25) is 0 Å². The normalized spacial score (nSPS) is 16.6. The van der Waals surface area contributed by atoms with Gasteiger partial charge in [-0.15, -0.1) is 0 Å². The summed E-state index contributed by atoms with van der Waals surface area (Å²) >= 11 is 0. The van der Waals surface area contributed by atoms with Crippen LogP contribution in [0.15, 0.2) is 48.5 Å². The van der Waals surface area contributed by atoms with Crippen LogP contribution in [0.5, 0.6) is 17.2 Å². The summed E-state index contributed by atoms with van der Waals surface area (Å²) in [4.78, 5) is 0. The zero-order valence-electron chi connectivity index (χ0n) is 12.5. The summed E-state index contributed by atoms with van der Waals surface area (Å²) in [6.45, 7) is 2.91. The molecule has 0 aliphatic carbocycles. The maximum Gasteiger partial charge on any atom is 0.126 e. The summed E-state index contributed by atoms with van der Waals surface area (Å²) in [7, 11) is 0. The molecule has 3 rings (SSSR count). The summed E-state index contributed by atoms with van der Waals surface area (Å²) in [5.74, 6) is 2.29. The number of fused-ring (bicyclic) bond motifs is 1. The molecule has 1 aliphatic rings. The van der Waals surface area contributed by atoms with E-state index in [1.165, 1.54) is 0 Å². The largest absolute Gasteiger partial charge is 0.508 e. The molecule has 22 heavy (non-hydrogen) atoms. The number of aromatic hydroxyl groups is 1. The number of rotatable bonds is 6. The molecule has 1 heterocycles. The highest BCUT2D eigenvalue weighted by Gasteiger charge is 2.24. The highest BCUT2D eigenvalue weighted by Crippen LogP contribution is 2.39. The van der Waals surface area contributed by atoms with Crippen LogP contribution in [-0.2, 0) is 0 Å². The number of phenols is 1. The first kappa shape index (κ1) is 14.7. The van der Waals surface area contributed by atoms with E-state index in [0.29, 0.717) is 19.0 Å². The molecule has 1 atom stereocenters. The first-order chi connectivity index (χ1) is 10.8. The first-order valence-electron chi connectivity index (χ1n) is 7.68. The van der Waals surface area contributed by atoms with Crippen LogP contribution < -0.4 is 14.8 Å². The Kier molecular flexibility index (Phi) is 4.81. The smallest absolute Gasteiger partial charge is 0.126 e. The second-order valence-electron chi connectivity index (χ2n) is 5.39. The van der Waals surface area contributed by atoms with E-state index in [-0.39, 0.29) is 5.92 Å². The van der Waals surface area contributed by atoms with Crippen LogP contribution in [0.4, 0.5) is 0 Å². The van der Waals surface area contributed by atoms with Crippen molar-refractivity contribution in [3.05, 3.63) is 54.1 Å². The molecule has 4 nitrogen and oxygen atoms in total. The van der Waals surface area contributed by atoms with E-state index in [1.54, 1.807) is 6.07 Å². The quantitative estimate of drug-likeness (QED) is 0.805. The number of ether oxygens (including phenoxy) is 2. The van der Waals surface area contributed by atoms with Gasteiger partial charge in [0.2, 0.25) is 0 Å². The maximum atomic E-state index is 10.0. The fraction of sp³-hybridized carbons (Fsp3) is 0.333. The summed E-state index contributed by atoms with van der Waals surface area (Å²) < 4.78 is 11.3. The monoisotopic (exact) mass is 299 g/mol. The highest BCUT2D eigenvalue weighted by molar-refractivity contribution is 5.47. The van der Waals surface area contributed by atoms with E-state index >= 15 is 0 Å². The molecule has 2 N–H and O–H groups in total. The Hall–Kier alpha value is -2.20. The van der Waals surface area contributed by atoms with Crippen molar-refractivity contribution in [2.45, 2.75) is 12.3 Å². The Balaban J connectivity index is 1.47. The fourth-order valence-electron chi connectivity index (χ4n) is 2.76. The minimum absolute atomic E-state index is 0.279. The van der Waals surface area contributed by atoms with Gasteiger partial charge < -0.3 is 19.9 Å². The van der Waals surface area contributed by atoms with Crippen molar-refractivity contribution in [2.24, 2.45) is 0 Å². The van der Waals surface area contributed by atoms with Gasteiger partial charge in [-0.2, -0.15) is 0 Å². The van der Waals surface area contributed by atoms with Crippen LogP contribution in [-0.4, -0.2) is 31.4 Å². The number of hydrogen-bond donors (Lipinski definition) is 2. The standard InChI is InChI=1S/C18H21NO3/c20-16-7-4-8-17-18(16)14(9-11-22-17)13-19-10-12-21-15-5-2-1-3-6-15/h1-8,14,19-20H,9-13H2. The molecule has 0 bridgehead atoms. The van der Waals surface area contributed by atoms with E-state index < -0.39 is 0 Å². The van der Waals surface area contributed by atoms with Gasteiger partial charge in [0.25, 0.3) is 0 Å².